The van der Waals surface area contributed by atoms with Crippen molar-refractivity contribution in [1.82, 2.24) is 0 Å². The molecule has 0 saturated carbocycles. The minimum absolute atomic E-state index is 0.369. The third-order valence-corrected chi connectivity index (χ3v) is 4.28. The Balaban J connectivity index is 1.92. The van der Waals surface area contributed by atoms with Crippen molar-refractivity contribution in [3.05, 3.63) is 71.8 Å². The van der Waals surface area contributed by atoms with Gasteiger partial charge < -0.3 is 14.2 Å². The Morgan fingerprint density at radius 2 is 1.61 bits per heavy atom. The van der Waals surface area contributed by atoms with E-state index in [-0.39, 0.29) is 5.97 Å². The third kappa shape index (κ3) is 5.03. The Morgan fingerprint density at radius 3 is 2.36 bits per heavy atom. The summed E-state index contributed by atoms with van der Waals surface area (Å²) in [6, 6.07) is 19.5. The summed E-state index contributed by atoms with van der Waals surface area (Å²) in [4.78, 5) is 12.6. The van der Waals surface area contributed by atoms with Crippen molar-refractivity contribution in [3.8, 4) is 11.5 Å². The van der Waals surface area contributed by atoms with Crippen molar-refractivity contribution < 1.29 is 19.0 Å². The van der Waals surface area contributed by atoms with Crippen LogP contribution in [0, 0.1) is 0 Å². The largest absolute Gasteiger partial charge is 0.494 e. The molecule has 0 N–H and O–H groups in total. The zero-order chi connectivity index (χ0) is 19.8. The van der Waals surface area contributed by atoms with Gasteiger partial charge in [-0.1, -0.05) is 50.2 Å². The van der Waals surface area contributed by atoms with Gasteiger partial charge >= 0.3 is 5.97 Å². The molecule has 0 atom stereocenters. The molecule has 0 bridgehead atoms. The predicted octanol–water partition coefficient (Wildman–Crippen LogP) is 5.77. The first-order valence-electron chi connectivity index (χ1n) is 9.75. The van der Waals surface area contributed by atoms with Crippen LogP contribution >= 0.6 is 0 Å². The number of benzene rings is 3. The van der Waals surface area contributed by atoms with Gasteiger partial charge in [0.2, 0.25) is 0 Å². The maximum absolute atomic E-state index is 12.6. The molecule has 0 aliphatic rings. The Kier molecular flexibility index (Phi) is 6.90. The highest BCUT2D eigenvalue weighted by atomic mass is 16.5. The Hall–Kier alpha value is -3.01. The quantitative estimate of drug-likeness (QED) is 0.443. The van der Waals surface area contributed by atoms with E-state index in [1.54, 1.807) is 0 Å². The smallest absolute Gasteiger partial charge is 0.341 e. The number of ether oxygens (including phenoxy) is 3. The van der Waals surface area contributed by atoms with Gasteiger partial charge in [0, 0.05) is 0 Å². The Morgan fingerprint density at radius 1 is 0.821 bits per heavy atom. The molecule has 3 aromatic rings. The molecule has 0 amide bonds. The number of hydrogen-bond acceptors (Lipinski definition) is 4. The van der Waals surface area contributed by atoms with Crippen LogP contribution in [-0.4, -0.2) is 19.2 Å². The minimum Gasteiger partial charge on any atom is -0.494 e. The summed E-state index contributed by atoms with van der Waals surface area (Å²) < 4.78 is 17.1. The van der Waals surface area contributed by atoms with Crippen LogP contribution < -0.4 is 9.47 Å². The van der Waals surface area contributed by atoms with Crippen molar-refractivity contribution in [3.63, 3.8) is 0 Å². The lowest BCUT2D eigenvalue weighted by Gasteiger charge is -2.14. The fraction of sp³-hybridized carbons (Fsp3) is 0.292. The average Bonchev–Trinajstić information content (AvgIpc) is 2.74. The van der Waals surface area contributed by atoms with E-state index in [0.717, 1.165) is 34.9 Å². The molecule has 0 saturated heterocycles. The van der Waals surface area contributed by atoms with Crippen LogP contribution in [0.15, 0.2) is 60.7 Å². The summed E-state index contributed by atoms with van der Waals surface area (Å²) in [5.41, 5.74) is 1.48. The lowest BCUT2D eigenvalue weighted by molar-refractivity contribution is 0.0500. The summed E-state index contributed by atoms with van der Waals surface area (Å²) in [5, 5.41) is 1.91. The number of rotatable bonds is 9. The first kappa shape index (κ1) is 19.7. The first-order valence-corrected chi connectivity index (χ1v) is 9.75. The van der Waals surface area contributed by atoms with E-state index < -0.39 is 0 Å². The monoisotopic (exact) mass is 378 g/mol. The summed E-state index contributed by atoms with van der Waals surface area (Å²) in [6.45, 7) is 5.47. The molecule has 0 unspecified atom stereocenters. The average molecular weight is 378 g/mol. The normalized spacial score (nSPS) is 10.6. The summed E-state index contributed by atoms with van der Waals surface area (Å²) in [5.74, 6) is 0.951. The lowest BCUT2D eigenvalue weighted by Crippen LogP contribution is -2.09. The number of carbonyl (C=O) groups is 1. The van der Waals surface area contributed by atoms with Crippen molar-refractivity contribution in [2.75, 3.05) is 13.2 Å². The van der Waals surface area contributed by atoms with Crippen LogP contribution in [0.1, 0.15) is 42.6 Å². The molecule has 28 heavy (non-hydrogen) atoms. The van der Waals surface area contributed by atoms with Crippen LogP contribution in [0.2, 0.25) is 0 Å². The molecule has 0 aromatic heterocycles. The maximum atomic E-state index is 12.6. The molecule has 3 rings (SSSR count). The van der Waals surface area contributed by atoms with Gasteiger partial charge in [-0.2, -0.15) is 0 Å². The van der Waals surface area contributed by atoms with Gasteiger partial charge in [0.25, 0.3) is 0 Å². The van der Waals surface area contributed by atoms with E-state index in [1.807, 2.05) is 67.6 Å². The third-order valence-electron chi connectivity index (χ3n) is 4.28. The molecule has 3 aromatic carbocycles. The van der Waals surface area contributed by atoms with Crippen LogP contribution in [0.3, 0.4) is 0 Å². The highest BCUT2D eigenvalue weighted by Gasteiger charge is 2.16. The van der Waals surface area contributed by atoms with Gasteiger partial charge in [-0.05, 0) is 53.4 Å². The number of esters is 1. The highest BCUT2D eigenvalue weighted by Crippen LogP contribution is 2.30. The molecule has 4 nitrogen and oxygen atoms in total. The topological polar surface area (TPSA) is 44.8 Å². The molecule has 0 aliphatic heterocycles. The second-order valence-corrected chi connectivity index (χ2v) is 6.62. The zero-order valence-corrected chi connectivity index (χ0v) is 16.4. The van der Waals surface area contributed by atoms with E-state index in [1.165, 1.54) is 0 Å². The second kappa shape index (κ2) is 9.79. The summed E-state index contributed by atoms with van der Waals surface area (Å²) in [6.07, 6.45) is 1.72. The van der Waals surface area contributed by atoms with E-state index >= 15 is 0 Å². The number of carbonyl (C=O) groups excluding carboxylic acids is 1. The SMILES string of the molecule is CCCOC(=O)c1cc2cc(OCCC)ccc2cc1OCc1ccccc1. The molecule has 0 radical (unpaired) electrons. The van der Waals surface area contributed by atoms with E-state index in [0.29, 0.717) is 31.1 Å². The van der Waals surface area contributed by atoms with Gasteiger partial charge in [-0.25, -0.2) is 4.79 Å². The molecular formula is C24H26O4. The molecule has 146 valence electrons. The van der Waals surface area contributed by atoms with Crippen LogP contribution in [0.25, 0.3) is 10.8 Å². The van der Waals surface area contributed by atoms with Gasteiger partial charge in [-0.15, -0.1) is 0 Å². The van der Waals surface area contributed by atoms with E-state index in [9.17, 15) is 4.79 Å². The Bertz CT molecular complexity index is 919. The summed E-state index contributed by atoms with van der Waals surface area (Å²) >= 11 is 0. The van der Waals surface area contributed by atoms with Gasteiger partial charge in [-0.3, -0.25) is 0 Å². The van der Waals surface area contributed by atoms with Crippen LogP contribution in [-0.2, 0) is 11.3 Å². The van der Waals surface area contributed by atoms with E-state index in [2.05, 4.69) is 6.92 Å². The maximum Gasteiger partial charge on any atom is 0.341 e. The lowest BCUT2D eigenvalue weighted by atomic mass is 10.1. The van der Waals surface area contributed by atoms with Crippen molar-refractivity contribution in [2.24, 2.45) is 0 Å². The van der Waals surface area contributed by atoms with Crippen molar-refractivity contribution in [1.29, 1.82) is 0 Å². The molecule has 0 spiro atoms. The molecule has 0 fully saturated rings. The standard InChI is InChI=1S/C24H26O4/c1-3-12-26-21-11-10-19-16-23(28-17-18-8-6-5-7-9-18)22(15-20(19)14-21)24(25)27-13-4-2/h5-11,14-16H,3-4,12-13,17H2,1-2H3. The minimum atomic E-state index is -0.369. The Labute approximate surface area is 166 Å². The molecular weight excluding hydrogens is 352 g/mol. The van der Waals surface area contributed by atoms with Crippen LogP contribution in [0.4, 0.5) is 0 Å². The number of hydrogen-bond donors (Lipinski definition) is 0. The fourth-order valence-corrected chi connectivity index (χ4v) is 2.85. The fourth-order valence-electron chi connectivity index (χ4n) is 2.85. The second-order valence-electron chi connectivity index (χ2n) is 6.62. The first-order chi connectivity index (χ1) is 13.7. The predicted molar refractivity (Wildman–Crippen MR) is 111 cm³/mol. The molecule has 0 aliphatic carbocycles. The van der Waals surface area contributed by atoms with Crippen LogP contribution in [0.5, 0.6) is 11.5 Å². The highest BCUT2D eigenvalue weighted by molar-refractivity contribution is 5.99. The van der Waals surface area contributed by atoms with Gasteiger partial charge in [0.1, 0.15) is 23.7 Å². The van der Waals surface area contributed by atoms with Gasteiger partial charge in [0.05, 0.1) is 13.2 Å². The number of fused-ring (bicyclic) bond motifs is 1. The molecule has 0 heterocycles. The zero-order valence-electron chi connectivity index (χ0n) is 16.4. The van der Waals surface area contributed by atoms with Gasteiger partial charge in [0.15, 0.2) is 0 Å². The molecule has 4 heteroatoms. The van der Waals surface area contributed by atoms with E-state index in [4.69, 9.17) is 14.2 Å². The summed E-state index contributed by atoms with van der Waals surface area (Å²) in [7, 11) is 0. The van der Waals surface area contributed by atoms with Crippen molar-refractivity contribution >= 4 is 16.7 Å². The van der Waals surface area contributed by atoms with Crippen molar-refractivity contribution in [2.45, 2.75) is 33.3 Å².